The molecule has 3 rings (SSSR count). The summed E-state index contributed by atoms with van der Waals surface area (Å²) in [6, 6.07) is 1.68. The Balaban J connectivity index is 2.13. The molecule has 3 heterocycles. The lowest BCUT2D eigenvalue weighted by atomic mass is 10.1. The first-order valence-corrected chi connectivity index (χ1v) is 6.02. The van der Waals surface area contributed by atoms with Gasteiger partial charge in [-0.1, -0.05) is 0 Å². The average Bonchev–Trinajstić information content (AvgIpc) is 2.72. The van der Waals surface area contributed by atoms with Crippen molar-refractivity contribution in [2.75, 3.05) is 0 Å². The molecular weight excluding hydrogens is 230 g/mol. The van der Waals surface area contributed by atoms with Crippen molar-refractivity contribution < 1.29 is 0 Å². The lowest BCUT2D eigenvalue weighted by Gasteiger charge is -2.20. The van der Waals surface area contributed by atoms with E-state index in [0.717, 1.165) is 24.4 Å². The third-order valence-corrected chi connectivity index (χ3v) is 3.28. The maximum atomic E-state index is 12.0. The molecule has 94 valence electrons. The maximum Gasteiger partial charge on any atom is 0.192 e. The number of hydrogen-bond acceptors (Lipinski definition) is 4. The van der Waals surface area contributed by atoms with Crippen LogP contribution in [0.3, 0.4) is 0 Å². The highest BCUT2D eigenvalue weighted by molar-refractivity contribution is 5.54. The first kappa shape index (κ1) is 11.2. The highest BCUT2D eigenvalue weighted by atomic mass is 16.1. The fourth-order valence-corrected chi connectivity index (χ4v) is 2.30. The van der Waals surface area contributed by atoms with Gasteiger partial charge in [0.05, 0.1) is 5.56 Å². The van der Waals surface area contributed by atoms with Gasteiger partial charge in [-0.05, 0) is 13.3 Å². The van der Waals surface area contributed by atoms with Gasteiger partial charge >= 0.3 is 0 Å². The monoisotopic (exact) mass is 245 g/mol. The van der Waals surface area contributed by atoms with Gasteiger partial charge in [-0.2, -0.15) is 0 Å². The van der Waals surface area contributed by atoms with Gasteiger partial charge in [-0.3, -0.25) is 4.79 Å². The topological polar surface area (TPSA) is 89.6 Å². The Morgan fingerprint density at radius 2 is 2.33 bits per heavy atom. The first-order chi connectivity index (χ1) is 8.65. The van der Waals surface area contributed by atoms with Crippen LogP contribution in [0.15, 0.2) is 17.1 Å². The van der Waals surface area contributed by atoms with Gasteiger partial charge in [0, 0.05) is 37.0 Å². The summed E-state index contributed by atoms with van der Waals surface area (Å²) >= 11 is 0. The van der Waals surface area contributed by atoms with Gasteiger partial charge in [0.2, 0.25) is 0 Å². The molecule has 6 nitrogen and oxygen atoms in total. The summed E-state index contributed by atoms with van der Waals surface area (Å²) in [4.78, 5) is 15.0. The van der Waals surface area contributed by atoms with Crippen LogP contribution in [0.2, 0.25) is 0 Å². The zero-order valence-corrected chi connectivity index (χ0v) is 10.2. The summed E-state index contributed by atoms with van der Waals surface area (Å²) in [5, 5.41) is 8.27. The van der Waals surface area contributed by atoms with Gasteiger partial charge < -0.3 is 15.3 Å². The Kier molecular flexibility index (Phi) is 2.52. The van der Waals surface area contributed by atoms with Crippen molar-refractivity contribution in [1.82, 2.24) is 19.7 Å². The predicted octanol–water partition coefficient (Wildman–Crippen LogP) is 0.215. The predicted molar refractivity (Wildman–Crippen MR) is 67.1 cm³/mol. The minimum absolute atomic E-state index is 0.0411. The molecule has 2 aromatic heterocycles. The number of nitrogens with one attached hydrogen (secondary N) is 1. The number of aromatic amines is 1. The van der Waals surface area contributed by atoms with E-state index in [4.69, 9.17) is 5.73 Å². The quantitative estimate of drug-likeness (QED) is 0.751. The van der Waals surface area contributed by atoms with E-state index in [0.29, 0.717) is 17.9 Å². The van der Waals surface area contributed by atoms with E-state index in [1.807, 2.05) is 11.5 Å². The number of pyridine rings is 1. The molecule has 6 heteroatoms. The number of fused-ring (bicyclic) bond motifs is 1. The van der Waals surface area contributed by atoms with Crippen molar-refractivity contribution in [2.24, 2.45) is 5.73 Å². The molecule has 0 aromatic carbocycles. The number of aromatic nitrogens is 4. The lowest BCUT2D eigenvalue weighted by Crippen LogP contribution is -2.32. The van der Waals surface area contributed by atoms with Crippen LogP contribution in [0.5, 0.6) is 0 Å². The Morgan fingerprint density at radius 1 is 1.50 bits per heavy atom. The number of nitrogens with zero attached hydrogens (tertiary/aromatic N) is 3. The largest absolute Gasteiger partial charge is 0.364 e. The zero-order valence-electron chi connectivity index (χ0n) is 10.2. The SMILES string of the molecule is Cc1cc(=O)c(-c2nnc3n2CC(N)CC3)c[nH]1. The number of aryl methyl sites for hydroxylation is 2. The van der Waals surface area contributed by atoms with Crippen molar-refractivity contribution in [3.05, 3.63) is 34.0 Å². The van der Waals surface area contributed by atoms with E-state index in [9.17, 15) is 4.79 Å². The molecule has 0 aliphatic carbocycles. The van der Waals surface area contributed by atoms with Crippen molar-refractivity contribution in [3.8, 4) is 11.4 Å². The van der Waals surface area contributed by atoms with Gasteiger partial charge in [0.25, 0.3) is 0 Å². The first-order valence-electron chi connectivity index (χ1n) is 6.02. The van der Waals surface area contributed by atoms with E-state index < -0.39 is 0 Å². The van der Waals surface area contributed by atoms with Crippen LogP contribution in [0.4, 0.5) is 0 Å². The van der Waals surface area contributed by atoms with E-state index in [-0.39, 0.29) is 11.5 Å². The molecule has 0 spiro atoms. The van der Waals surface area contributed by atoms with E-state index >= 15 is 0 Å². The van der Waals surface area contributed by atoms with Gasteiger partial charge in [-0.15, -0.1) is 10.2 Å². The van der Waals surface area contributed by atoms with Crippen LogP contribution in [-0.2, 0) is 13.0 Å². The smallest absolute Gasteiger partial charge is 0.192 e. The lowest BCUT2D eigenvalue weighted by molar-refractivity contribution is 0.456. The van der Waals surface area contributed by atoms with Crippen molar-refractivity contribution in [3.63, 3.8) is 0 Å². The summed E-state index contributed by atoms with van der Waals surface area (Å²) in [6.07, 6.45) is 3.43. The Labute approximate surface area is 104 Å². The zero-order chi connectivity index (χ0) is 12.7. The Morgan fingerprint density at radius 3 is 3.11 bits per heavy atom. The third kappa shape index (κ3) is 1.74. The maximum absolute atomic E-state index is 12.0. The van der Waals surface area contributed by atoms with Crippen molar-refractivity contribution in [2.45, 2.75) is 32.4 Å². The molecule has 18 heavy (non-hydrogen) atoms. The van der Waals surface area contributed by atoms with Crippen LogP contribution in [0.25, 0.3) is 11.4 Å². The molecule has 0 fully saturated rings. The van der Waals surface area contributed by atoms with Crippen LogP contribution in [-0.4, -0.2) is 25.8 Å². The summed E-state index contributed by atoms with van der Waals surface area (Å²) < 4.78 is 1.95. The van der Waals surface area contributed by atoms with E-state index in [2.05, 4.69) is 15.2 Å². The molecule has 3 N–H and O–H groups in total. The Hall–Kier alpha value is -1.95. The highest BCUT2D eigenvalue weighted by Crippen LogP contribution is 2.19. The number of hydrogen-bond donors (Lipinski definition) is 2. The number of H-pyrrole nitrogens is 1. The average molecular weight is 245 g/mol. The standard InChI is InChI=1S/C12H15N5O/c1-7-4-10(18)9(5-14-7)12-16-15-11-3-2-8(13)6-17(11)12/h4-5,8H,2-3,6,13H2,1H3,(H,14,18). The van der Waals surface area contributed by atoms with Crippen LogP contribution >= 0.6 is 0 Å². The van der Waals surface area contributed by atoms with E-state index in [1.165, 1.54) is 0 Å². The molecule has 0 radical (unpaired) electrons. The number of nitrogens with two attached hydrogens (primary N) is 1. The highest BCUT2D eigenvalue weighted by Gasteiger charge is 2.22. The van der Waals surface area contributed by atoms with Crippen LogP contribution in [0.1, 0.15) is 17.9 Å². The molecule has 2 aromatic rings. The minimum atomic E-state index is -0.0411. The molecule has 1 aliphatic heterocycles. The molecule has 0 amide bonds. The molecule has 1 unspecified atom stereocenters. The minimum Gasteiger partial charge on any atom is -0.364 e. The van der Waals surface area contributed by atoms with Crippen LogP contribution < -0.4 is 11.2 Å². The second-order valence-electron chi connectivity index (χ2n) is 4.74. The second kappa shape index (κ2) is 4.06. The summed E-state index contributed by atoms with van der Waals surface area (Å²) in [7, 11) is 0. The van der Waals surface area contributed by atoms with Crippen molar-refractivity contribution in [1.29, 1.82) is 0 Å². The fourth-order valence-electron chi connectivity index (χ4n) is 2.30. The van der Waals surface area contributed by atoms with Crippen LogP contribution in [0, 0.1) is 6.92 Å². The fraction of sp³-hybridized carbons (Fsp3) is 0.417. The summed E-state index contributed by atoms with van der Waals surface area (Å²) in [5.74, 6) is 1.52. The normalized spacial score (nSPS) is 18.7. The number of rotatable bonds is 1. The molecule has 1 atom stereocenters. The molecule has 0 saturated carbocycles. The molecule has 1 aliphatic rings. The molecular formula is C12H15N5O. The summed E-state index contributed by atoms with van der Waals surface area (Å²) in [5.41, 5.74) is 7.30. The van der Waals surface area contributed by atoms with Crippen molar-refractivity contribution >= 4 is 0 Å². The van der Waals surface area contributed by atoms with Gasteiger partial charge in [-0.25, -0.2) is 0 Å². The van der Waals surface area contributed by atoms with Gasteiger partial charge in [0.1, 0.15) is 5.82 Å². The Bertz CT molecular complexity index is 642. The molecule has 0 saturated heterocycles. The molecule has 0 bridgehead atoms. The third-order valence-electron chi connectivity index (χ3n) is 3.28. The summed E-state index contributed by atoms with van der Waals surface area (Å²) in [6.45, 7) is 2.52. The van der Waals surface area contributed by atoms with E-state index in [1.54, 1.807) is 12.3 Å². The van der Waals surface area contributed by atoms with Gasteiger partial charge in [0.15, 0.2) is 11.3 Å². The second-order valence-corrected chi connectivity index (χ2v) is 4.74.